The van der Waals surface area contributed by atoms with Crippen molar-refractivity contribution in [2.45, 2.75) is 13.5 Å². The maximum absolute atomic E-state index is 13.8. The van der Waals surface area contributed by atoms with Crippen LogP contribution in [-0.4, -0.2) is 17.4 Å². The molecule has 2 aromatic rings. The molecule has 2 aromatic carbocycles. The number of nitrogens with zero attached hydrogens (tertiary/aromatic N) is 2. The Bertz CT molecular complexity index is 722. The molecule has 0 aliphatic rings. The van der Waals surface area contributed by atoms with Gasteiger partial charge in [-0.3, -0.25) is 4.79 Å². The lowest BCUT2D eigenvalue weighted by molar-refractivity contribution is 0.0751. The van der Waals surface area contributed by atoms with Gasteiger partial charge in [-0.1, -0.05) is 15.9 Å². The molecule has 2 rings (SSSR count). The third-order valence-corrected chi connectivity index (χ3v) is 3.79. The Morgan fingerprint density at radius 1 is 1.27 bits per heavy atom. The minimum absolute atomic E-state index is 0.189. The van der Waals surface area contributed by atoms with Gasteiger partial charge in [0.1, 0.15) is 5.82 Å². The number of rotatable bonds is 4. The summed E-state index contributed by atoms with van der Waals surface area (Å²) >= 11 is 3.31. The molecule has 5 heteroatoms. The van der Waals surface area contributed by atoms with E-state index < -0.39 is 0 Å². The van der Waals surface area contributed by atoms with Crippen molar-refractivity contribution in [2.75, 3.05) is 6.54 Å². The molecule has 22 heavy (non-hydrogen) atoms. The van der Waals surface area contributed by atoms with E-state index in [0.717, 1.165) is 4.47 Å². The summed E-state index contributed by atoms with van der Waals surface area (Å²) in [7, 11) is 0. The summed E-state index contributed by atoms with van der Waals surface area (Å²) in [4.78, 5) is 14.0. The second-order valence-corrected chi connectivity index (χ2v) is 5.66. The average molecular weight is 361 g/mol. The van der Waals surface area contributed by atoms with Gasteiger partial charge >= 0.3 is 0 Å². The lowest BCUT2D eigenvalue weighted by Crippen LogP contribution is -2.30. The van der Waals surface area contributed by atoms with Gasteiger partial charge in [0.2, 0.25) is 0 Å². The highest BCUT2D eigenvalue weighted by molar-refractivity contribution is 9.10. The van der Waals surface area contributed by atoms with E-state index in [2.05, 4.69) is 15.9 Å². The van der Waals surface area contributed by atoms with Crippen LogP contribution in [0.15, 0.2) is 46.9 Å². The van der Waals surface area contributed by atoms with Crippen molar-refractivity contribution in [3.63, 3.8) is 0 Å². The standard InChI is InChI=1S/C17H14BrFN2O/c1-2-21(11-14-9-15(18)7-8-16(14)19)17(22)13-5-3-12(10-20)4-6-13/h3-9H,2,11H2,1H3. The molecule has 0 N–H and O–H groups in total. The SMILES string of the molecule is CCN(Cc1cc(Br)ccc1F)C(=O)c1ccc(C#N)cc1. The number of amides is 1. The van der Waals surface area contributed by atoms with Crippen LogP contribution in [0.2, 0.25) is 0 Å². The first-order valence-corrected chi connectivity index (χ1v) is 7.57. The van der Waals surface area contributed by atoms with Crippen LogP contribution in [0, 0.1) is 17.1 Å². The molecular weight excluding hydrogens is 347 g/mol. The summed E-state index contributed by atoms with van der Waals surface area (Å²) in [5.74, 6) is -0.527. The zero-order valence-corrected chi connectivity index (χ0v) is 13.6. The molecule has 0 saturated carbocycles. The molecule has 0 aromatic heterocycles. The molecule has 0 aliphatic carbocycles. The van der Waals surface area contributed by atoms with Crippen LogP contribution >= 0.6 is 15.9 Å². The van der Waals surface area contributed by atoms with Crippen LogP contribution in [0.3, 0.4) is 0 Å². The summed E-state index contributed by atoms with van der Waals surface area (Å²) in [6.45, 7) is 2.50. The fourth-order valence-corrected chi connectivity index (χ4v) is 2.48. The van der Waals surface area contributed by atoms with Gasteiger partial charge in [0.05, 0.1) is 11.6 Å². The highest BCUT2D eigenvalue weighted by Crippen LogP contribution is 2.18. The predicted octanol–water partition coefficient (Wildman–Crippen LogP) is 4.12. The summed E-state index contributed by atoms with van der Waals surface area (Å²) in [5.41, 5.74) is 1.44. The van der Waals surface area contributed by atoms with Crippen LogP contribution in [0.1, 0.15) is 28.4 Å². The van der Waals surface area contributed by atoms with Crippen molar-refractivity contribution in [1.82, 2.24) is 4.90 Å². The number of hydrogen-bond acceptors (Lipinski definition) is 2. The molecule has 0 heterocycles. The Balaban J connectivity index is 2.21. The van der Waals surface area contributed by atoms with Crippen LogP contribution < -0.4 is 0 Å². The molecule has 1 amide bonds. The Labute approximate surface area is 137 Å². The van der Waals surface area contributed by atoms with Crippen molar-refractivity contribution in [3.05, 3.63) is 69.4 Å². The van der Waals surface area contributed by atoms with Gasteiger partial charge in [0, 0.05) is 28.7 Å². The average Bonchev–Trinajstić information content (AvgIpc) is 2.55. The van der Waals surface area contributed by atoms with Gasteiger partial charge < -0.3 is 4.90 Å². The number of hydrogen-bond donors (Lipinski definition) is 0. The summed E-state index contributed by atoms with van der Waals surface area (Å²) < 4.78 is 14.6. The fraction of sp³-hybridized carbons (Fsp3) is 0.176. The predicted molar refractivity (Wildman–Crippen MR) is 85.7 cm³/mol. The van der Waals surface area contributed by atoms with E-state index in [1.807, 2.05) is 13.0 Å². The number of halogens is 2. The molecule has 3 nitrogen and oxygen atoms in total. The van der Waals surface area contributed by atoms with Crippen LogP contribution in [-0.2, 0) is 6.54 Å². The van der Waals surface area contributed by atoms with Crippen molar-refractivity contribution in [2.24, 2.45) is 0 Å². The van der Waals surface area contributed by atoms with Crippen LogP contribution in [0.5, 0.6) is 0 Å². The molecule has 112 valence electrons. The van der Waals surface area contributed by atoms with Crippen molar-refractivity contribution in [1.29, 1.82) is 5.26 Å². The summed E-state index contributed by atoms with van der Waals surface area (Å²) in [6, 6.07) is 13.1. The Kier molecular flexibility index (Phi) is 5.29. The first kappa shape index (κ1) is 16.2. The van der Waals surface area contributed by atoms with Gasteiger partial charge in [0.25, 0.3) is 5.91 Å². The highest BCUT2D eigenvalue weighted by Gasteiger charge is 2.16. The van der Waals surface area contributed by atoms with E-state index in [0.29, 0.717) is 23.2 Å². The van der Waals surface area contributed by atoms with Gasteiger partial charge in [-0.2, -0.15) is 5.26 Å². The van der Waals surface area contributed by atoms with E-state index in [9.17, 15) is 9.18 Å². The van der Waals surface area contributed by atoms with Crippen LogP contribution in [0.4, 0.5) is 4.39 Å². The summed E-state index contributed by atoms with van der Waals surface area (Å²) in [6.07, 6.45) is 0. The molecule has 0 bridgehead atoms. The second-order valence-electron chi connectivity index (χ2n) is 4.74. The molecule has 0 saturated heterocycles. The van der Waals surface area contributed by atoms with Gasteiger partial charge in [-0.05, 0) is 49.4 Å². The van der Waals surface area contributed by atoms with Crippen LogP contribution in [0.25, 0.3) is 0 Å². The maximum atomic E-state index is 13.8. The molecular formula is C17H14BrFN2O. The molecule has 0 aliphatic heterocycles. The van der Waals surface area contributed by atoms with Crippen molar-refractivity contribution < 1.29 is 9.18 Å². The Morgan fingerprint density at radius 3 is 2.55 bits per heavy atom. The summed E-state index contributed by atoms with van der Waals surface area (Å²) in [5, 5.41) is 8.78. The van der Waals surface area contributed by atoms with E-state index >= 15 is 0 Å². The third kappa shape index (κ3) is 3.71. The topological polar surface area (TPSA) is 44.1 Å². The molecule has 0 fully saturated rings. The number of benzene rings is 2. The maximum Gasteiger partial charge on any atom is 0.254 e. The fourth-order valence-electron chi connectivity index (χ4n) is 2.07. The minimum atomic E-state index is -0.339. The van der Waals surface area contributed by atoms with Gasteiger partial charge in [0.15, 0.2) is 0 Å². The lowest BCUT2D eigenvalue weighted by atomic mass is 10.1. The van der Waals surface area contributed by atoms with Crippen molar-refractivity contribution in [3.8, 4) is 6.07 Å². The smallest absolute Gasteiger partial charge is 0.254 e. The Morgan fingerprint density at radius 2 is 1.95 bits per heavy atom. The first-order chi connectivity index (χ1) is 10.5. The third-order valence-electron chi connectivity index (χ3n) is 3.30. The zero-order valence-electron chi connectivity index (χ0n) is 12.0. The first-order valence-electron chi connectivity index (χ1n) is 6.78. The van der Waals surface area contributed by atoms with Crippen molar-refractivity contribution >= 4 is 21.8 Å². The lowest BCUT2D eigenvalue weighted by Gasteiger charge is -2.21. The zero-order chi connectivity index (χ0) is 16.1. The highest BCUT2D eigenvalue weighted by atomic mass is 79.9. The molecule has 0 spiro atoms. The largest absolute Gasteiger partial charge is 0.334 e. The van der Waals surface area contributed by atoms with Gasteiger partial charge in [-0.25, -0.2) is 4.39 Å². The van der Waals surface area contributed by atoms with E-state index in [1.54, 1.807) is 41.3 Å². The quantitative estimate of drug-likeness (QED) is 0.822. The monoisotopic (exact) mass is 360 g/mol. The number of carbonyl (C=O) groups excluding carboxylic acids is 1. The number of nitriles is 1. The van der Waals surface area contributed by atoms with E-state index in [4.69, 9.17) is 5.26 Å². The van der Waals surface area contributed by atoms with E-state index in [-0.39, 0.29) is 18.3 Å². The molecule has 0 unspecified atom stereocenters. The normalized spacial score (nSPS) is 10.1. The number of carbonyl (C=O) groups is 1. The molecule has 0 atom stereocenters. The van der Waals surface area contributed by atoms with Gasteiger partial charge in [-0.15, -0.1) is 0 Å². The Hall–Kier alpha value is -2.19. The molecule has 0 radical (unpaired) electrons. The second kappa shape index (κ2) is 7.19. The minimum Gasteiger partial charge on any atom is -0.334 e. The van der Waals surface area contributed by atoms with E-state index in [1.165, 1.54) is 6.07 Å².